The minimum atomic E-state index is -0.0735. The van der Waals surface area contributed by atoms with Crippen LogP contribution in [0, 0.1) is 0 Å². The van der Waals surface area contributed by atoms with Crippen LogP contribution in [0.5, 0.6) is 0 Å². The average molecular weight is 157 g/mol. The van der Waals surface area contributed by atoms with Gasteiger partial charge in [-0.05, 0) is 32.2 Å². The number of rotatable bonds is 4. The van der Waals surface area contributed by atoms with Gasteiger partial charge >= 0.3 is 0 Å². The molecule has 2 nitrogen and oxygen atoms in total. The first kappa shape index (κ1) is 9.01. The maximum Gasteiger partial charge on any atom is 0.0555 e. The number of aliphatic hydroxyl groups is 1. The molecular weight excluding hydrogens is 138 g/mol. The fraction of sp³-hybridized carbons (Fsp3) is 1.00. The first-order chi connectivity index (χ1) is 5.33. The van der Waals surface area contributed by atoms with Crippen molar-refractivity contribution >= 4 is 0 Å². The van der Waals surface area contributed by atoms with Crippen molar-refractivity contribution in [1.29, 1.82) is 0 Å². The molecule has 0 radical (unpaired) electrons. The Morgan fingerprint density at radius 1 is 1.64 bits per heavy atom. The van der Waals surface area contributed by atoms with Crippen molar-refractivity contribution in [2.24, 2.45) is 0 Å². The third-order valence-electron chi connectivity index (χ3n) is 2.34. The van der Waals surface area contributed by atoms with Gasteiger partial charge in [0.15, 0.2) is 0 Å². The number of hydrogen-bond donors (Lipinski definition) is 2. The molecule has 2 atom stereocenters. The molecular formula is C9H19NO. The van der Waals surface area contributed by atoms with Gasteiger partial charge in [-0.1, -0.05) is 13.3 Å². The second-order valence-electron chi connectivity index (χ2n) is 3.47. The van der Waals surface area contributed by atoms with Crippen molar-refractivity contribution in [3.8, 4) is 0 Å². The van der Waals surface area contributed by atoms with Crippen molar-refractivity contribution in [1.82, 2.24) is 5.32 Å². The maximum absolute atomic E-state index is 9.47. The van der Waals surface area contributed by atoms with Gasteiger partial charge in [0.2, 0.25) is 0 Å². The summed E-state index contributed by atoms with van der Waals surface area (Å²) < 4.78 is 0. The Labute approximate surface area is 69.0 Å². The smallest absolute Gasteiger partial charge is 0.0555 e. The second-order valence-corrected chi connectivity index (χ2v) is 3.47. The van der Waals surface area contributed by atoms with E-state index in [1.165, 1.54) is 12.8 Å². The lowest BCUT2D eigenvalue weighted by Crippen LogP contribution is -2.26. The quantitative estimate of drug-likeness (QED) is 0.644. The van der Waals surface area contributed by atoms with Gasteiger partial charge in [0.1, 0.15) is 0 Å². The fourth-order valence-corrected chi connectivity index (χ4v) is 1.74. The van der Waals surface area contributed by atoms with Crippen molar-refractivity contribution in [2.75, 3.05) is 6.54 Å². The number of hydrogen-bond acceptors (Lipinski definition) is 2. The van der Waals surface area contributed by atoms with Crippen molar-refractivity contribution in [2.45, 2.75) is 51.2 Å². The lowest BCUT2D eigenvalue weighted by Gasteiger charge is -2.14. The highest BCUT2D eigenvalue weighted by Crippen LogP contribution is 2.13. The highest BCUT2D eigenvalue weighted by molar-refractivity contribution is 4.76. The first-order valence-electron chi connectivity index (χ1n) is 4.74. The zero-order chi connectivity index (χ0) is 8.10. The molecule has 1 saturated heterocycles. The Morgan fingerprint density at radius 2 is 2.45 bits per heavy atom. The van der Waals surface area contributed by atoms with Crippen LogP contribution in [0.4, 0.5) is 0 Å². The van der Waals surface area contributed by atoms with Crippen LogP contribution in [0.2, 0.25) is 0 Å². The molecule has 1 fully saturated rings. The standard InChI is InChI=1S/C9H19NO/c1-2-4-9(11)7-8-5-3-6-10-8/h8-11H,2-7H2,1H3. The average Bonchev–Trinajstić information content (AvgIpc) is 2.40. The summed E-state index contributed by atoms with van der Waals surface area (Å²) in [5.41, 5.74) is 0. The molecule has 66 valence electrons. The van der Waals surface area contributed by atoms with Crippen LogP contribution in [0.15, 0.2) is 0 Å². The van der Waals surface area contributed by atoms with E-state index < -0.39 is 0 Å². The predicted octanol–water partition coefficient (Wildman–Crippen LogP) is 1.29. The van der Waals surface area contributed by atoms with E-state index in [2.05, 4.69) is 12.2 Å². The van der Waals surface area contributed by atoms with E-state index in [1.807, 2.05) is 0 Å². The minimum absolute atomic E-state index is 0.0735. The van der Waals surface area contributed by atoms with E-state index >= 15 is 0 Å². The zero-order valence-corrected chi connectivity index (χ0v) is 7.34. The Morgan fingerprint density at radius 3 is 3.00 bits per heavy atom. The number of aliphatic hydroxyl groups excluding tert-OH is 1. The molecule has 2 heteroatoms. The van der Waals surface area contributed by atoms with Gasteiger partial charge in [-0.25, -0.2) is 0 Å². The molecule has 0 saturated carbocycles. The molecule has 2 N–H and O–H groups in total. The van der Waals surface area contributed by atoms with Gasteiger partial charge in [0.05, 0.1) is 6.10 Å². The van der Waals surface area contributed by atoms with Crippen LogP contribution in [0.1, 0.15) is 39.0 Å². The predicted molar refractivity (Wildman–Crippen MR) is 46.6 cm³/mol. The first-order valence-corrected chi connectivity index (χ1v) is 4.74. The van der Waals surface area contributed by atoms with Gasteiger partial charge in [-0.3, -0.25) is 0 Å². The van der Waals surface area contributed by atoms with Crippen molar-refractivity contribution < 1.29 is 5.11 Å². The van der Waals surface area contributed by atoms with Crippen LogP contribution < -0.4 is 5.32 Å². The second kappa shape index (κ2) is 4.73. The molecule has 0 aromatic rings. The van der Waals surface area contributed by atoms with Gasteiger partial charge in [0.25, 0.3) is 0 Å². The summed E-state index contributed by atoms with van der Waals surface area (Å²) in [5.74, 6) is 0. The Hall–Kier alpha value is -0.0800. The highest BCUT2D eigenvalue weighted by Gasteiger charge is 2.16. The molecule has 1 heterocycles. The van der Waals surface area contributed by atoms with E-state index in [0.717, 1.165) is 25.8 Å². The van der Waals surface area contributed by atoms with E-state index in [1.54, 1.807) is 0 Å². The lowest BCUT2D eigenvalue weighted by atomic mass is 10.0. The summed E-state index contributed by atoms with van der Waals surface area (Å²) in [6, 6.07) is 0.594. The molecule has 0 spiro atoms. The van der Waals surface area contributed by atoms with E-state index in [-0.39, 0.29) is 6.10 Å². The molecule has 0 aliphatic carbocycles. The van der Waals surface area contributed by atoms with Crippen LogP contribution in [-0.2, 0) is 0 Å². The van der Waals surface area contributed by atoms with Crippen LogP contribution in [-0.4, -0.2) is 23.8 Å². The molecule has 1 rings (SSSR count). The van der Waals surface area contributed by atoms with E-state index in [0.29, 0.717) is 6.04 Å². The van der Waals surface area contributed by atoms with Gasteiger partial charge in [-0.2, -0.15) is 0 Å². The monoisotopic (exact) mass is 157 g/mol. The topological polar surface area (TPSA) is 32.3 Å². The largest absolute Gasteiger partial charge is 0.393 e. The van der Waals surface area contributed by atoms with E-state index in [9.17, 15) is 5.11 Å². The lowest BCUT2D eigenvalue weighted by molar-refractivity contribution is 0.142. The summed E-state index contributed by atoms with van der Waals surface area (Å²) in [6.45, 7) is 3.26. The van der Waals surface area contributed by atoms with E-state index in [4.69, 9.17) is 0 Å². The normalized spacial score (nSPS) is 27.3. The summed E-state index contributed by atoms with van der Waals surface area (Å²) in [7, 11) is 0. The molecule has 2 unspecified atom stereocenters. The Bertz CT molecular complexity index is 99.7. The highest BCUT2D eigenvalue weighted by atomic mass is 16.3. The SMILES string of the molecule is CCCC(O)CC1CCCN1. The molecule has 0 bridgehead atoms. The third-order valence-corrected chi connectivity index (χ3v) is 2.34. The molecule has 0 amide bonds. The molecule has 1 aliphatic rings. The molecule has 0 aromatic heterocycles. The summed E-state index contributed by atoms with van der Waals surface area (Å²) in [5, 5.41) is 12.9. The fourth-order valence-electron chi connectivity index (χ4n) is 1.74. The zero-order valence-electron chi connectivity index (χ0n) is 7.34. The third kappa shape index (κ3) is 3.21. The van der Waals surface area contributed by atoms with Crippen molar-refractivity contribution in [3.05, 3.63) is 0 Å². The maximum atomic E-state index is 9.47. The molecule has 11 heavy (non-hydrogen) atoms. The van der Waals surface area contributed by atoms with Crippen LogP contribution >= 0.6 is 0 Å². The Kier molecular flexibility index (Phi) is 3.87. The van der Waals surface area contributed by atoms with Gasteiger partial charge in [0, 0.05) is 6.04 Å². The van der Waals surface area contributed by atoms with Gasteiger partial charge in [-0.15, -0.1) is 0 Å². The van der Waals surface area contributed by atoms with Crippen LogP contribution in [0.3, 0.4) is 0 Å². The van der Waals surface area contributed by atoms with Crippen molar-refractivity contribution in [3.63, 3.8) is 0 Å². The number of nitrogens with one attached hydrogen (secondary N) is 1. The summed E-state index contributed by atoms with van der Waals surface area (Å²) in [6.07, 6.45) is 5.46. The Balaban J connectivity index is 2.08. The van der Waals surface area contributed by atoms with Crippen LogP contribution in [0.25, 0.3) is 0 Å². The molecule has 0 aromatic carbocycles. The summed E-state index contributed by atoms with van der Waals surface area (Å²) >= 11 is 0. The molecule has 1 aliphatic heterocycles. The summed E-state index contributed by atoms with van der Waals surface area (Å²) in [4.78, 5) is 0. The van der Waals surface area contributed by atoms with Gasteiger partial charge < -0.3 is 10.4 Å². The minimum Gasteiger partial charge on any atom is -0.393 e.